The SMILES string of the molecule is CN(O)C1=C(c2ccc(Oc3ccccc3)cc2)C(=O)N(c2cccnc2)C1. The lowest BCUT2D eigenvalue weighted by molar-refractivity contribution is -0.112. The van der Waals surface area contributed by atoms with E-state index in [1.54, 1.807) is 23.4 Å². The molecule has 1 aliphatic heterocycles. The van der Waals surface area contributed by atoms with Gasteiger partial charge in [0.25, 0.3) is 5.91 Å². The first kappa shape index (κ1) is 17.8. The van der Waals surface area contributed by atoms with E-state index in [1.165, 1.54) is 7.05 Å². The van der Waals surface area contributed by atoms with Gasteiger partial charge in [0.15, 0.2) is 0 Å². The van der Waals surface area contributed by atoms with Crippen LogP contribution in [0.25, 0.3) is 5.57 Å². The molecule has 0 spiro atoms. The summed E-state index contributed by atoms with van der Waals surface area (Å²) in [6, 6.07) is 20.3. The minimum absolute atomic E-state index is 0.180. The number of carbonyl (C=O) groups is 1. The maximum atomic E-state index is 13.1. The molecule has 0 saturated carbocycles. The van der Waals surface area contributed by atoms with E-state index in [-0.39, 0.29) is 12.5 Å². The monoisotopic (exact) mass is 373 g/mol. The highest BCUT2D eigenvalue weighted by Gasteiger charge is 2.34. The Bertz CT molecular complexity index is 1000. The number of hydrogen-bond donors (Lipinski definition) is 1. The number of pyridine rings is 1. The van der Waals surface area contributed by atoms with E-state index in [0.29, 0.717) is 28.3 Å². The van der Waals surface area contributed by atoms with Crippen LogP contribution < -0.4 is 9.64 Å². The Kier molecular flexibility index (Phi) is 4.78. The van der Waals surface area contributed by atoms with Gasteiger partial charge in [0, 0.05) is 13.2 Å². The number of aromatic nitrogens is 1. The number of para-hydroxylation sites is 1. The molecule has 0 fully saturated rings. The topological polar surface area (TPSA) is 65.9 Å². The van der Waals surface area contributed by atoms with E-state index in [4.69, 9.17) is 4.74 Å². The Morgan fingerprint density at radius 3 is 2.36 bits per heavy atom. The van der Waals surface area contributed by atoms with Crippen LogP contribution in [-0.4, -0.2) is 34.8 Å². The highest BCUT2D eigenvalue weighted by Crippen LogP contribution is 2.33. The summed E-state index contributed by atoms with van der Waals surface area (Å²) in [4.78, 5) is 18.7. The minimum atomic E-state index is -0.180. The van der Waals surface area contributed by atoms with Gasteiger partial charge < -0.3 is 9.64 Å². The molecule has 140 valence electrons. The Balaban J connectivity index is 1.62. The number of amides is 1. The van der Waals surface area contributed by atoms with Gasteiger partial charge in [-0.3, -0.25) is 20.0 Å². The Labute approximate surface area is 162 Å². The predicted molar refractivity (Wildman–Crippen MR) is 106 cm³/mol. The van der Waals surface area contributed by atoms with Gasteiger partial charge in [-0.2, -0.15) is 0 Å². The van der Waals surface area contributed by atoms with Crippen LogP contribution in [0.5, 0.6) is 11.5 Å². The van der Waals surface area contributed by atoms with E-state index in [0.717, 1.165) is 10.8 Å². The Hall–Kier alpha value is -3.64. The van der Waals surface area contributed by atoms with E-state index in [2.05, 4.69) is 4.98 Å². The summed E-state index contributed by atoms with van der Waals surface area (Å²) in [6.45, 7) is 0.273. The summed E-state index contributed by atoms with van der Waals surface area (Å²) < 4.78 is 5.81. The Morgan fingerprint density at radius 1 is 1.00 bits per heavy atom. The molecule has 6 heteroatoms. The molecule has 2 aromatic carbocycles. The fourth-order valence-corrected chi connectivity index (χ4v) is 3.15. The van der Waals surface area contributed by atoms with Crippen molar-refractivity contribution in [2.24, 2.45) is 0 Å². The second-order valence-corrected chi connectivity index (χ2v) is 6.39. The molecule has 4 rings (SSSR count). The Morgan fingerprint density at radius 2 is 1.71 bits per heavy atom. The predicted octanol–water partition coefficient (Wildman–Crippen LogP) is 3.95. The van der Waals surface area contributed by atoms with Crippen molar-refractivity contribution in [2.45, 2.75) is 0 Å². The molecule has 1 amide bonds. The molecular formula is C22H19N3O3. The fraction of sp³-hybridized carbons (Fsp3) is 0.0909. The normalized spacial score (nSPS) is 13.8. The number of hydroxylamine groups is 2. The third-order valence-electron chi connectivity index (χ3n) is 4.53. The second-order valence-electron chi connectivity index (χ2n) is 6.39. The maximum Gasteiger partial charge on any atom is 0.261 e. The molecule has 1 N–H and O–H groups in total. The van der Waals surface area contributed by atoms with Crippen molar-refractivity contribution in [1.82, 2.24) is 10.0 Å². The molecule has 1 aromatic heterocycles. The maximum absolute atomic E-state index is 13.1. The third-order valence-corrected chi connectivity index (χ3v) is 4.53. The first-order valence-corrected chi connectivity index (χ1v) is 8.84. The number of rotatable bonds is 5. The molecule has 6 nitrogen and oxygen atoms in total. The zero-order valence-electron chi connectivity index (χ0n) is 15.3. The molecule has 3 aromatic rings. The molecular weight excluding hydrogens is 354 g/mol. The van der Waals surface area contributed by atoms with Gasteiger partial charge in [0.2, 0.25) is 0 Å². The average Bonchev–Trinajstić information content (AvgIpc) is 3.08. The van der Waals surface area contributed by atoms with Gasteiger partial charge in [0.05, 0.1) is 29.7 Å². The van der Waals surface area contributed by atoms with Crippen molar-refractivity contribution in [1.29, 1.82) is 0 Å². The summed E-state index contributed by atoms with van der Waals surface area (Å²) in [7, 11) is 1.52. The van der Waals surface area contributed by atoms with Crippen molar-refractivity contribution < 1.29 is 14.7 Å². The number of nitrogens with zero attached hydrogens (tertiary/aromatic N) is 3. The third kappa shape index (κ3) is 3.45. The number of anilines is 1. The first-order chi connectivity index (χ1) is 13.6. The largest absolute Gasteiger partial charge is 0.457 e. The molecule has 0 radical (unpaired) electrons. The molecule has 2 heterocycles. The van der Waals surface area contributed by atoms with Gasteiger partial charge in [-0.05, 0) is 42.0 Å². The highest BCUT2D eigenvalue weighted by atomic mass is 16.5. The van der Waals surface area contributed by atoms with E-state index in [1.807, 2.05) is 60.7 Å². The zero-order valence-corrected chi connectivity index (χ0v) is 15.3. The highest BCUT2D eigenvalue weighted by molar-refractivity contribution is 6.29. The van der Waals surface area contributed by atoms with E-state index in [9.17, 15) is 10.0 Å². The van der Waals surface area contributed by atoms with Crippen molar-refractivity contribution in [3.05, 3.63) is 90.4 Å². The molecule has 0 aliphatic carbocycles. The molecule has 1 aliphatic rings. The van der Waals surface area contributed by atoms with Crippen LogP contribution >= 0.6 is 0 Å². The van der Waals surface area contributed by atoms with Crippen LogP contribution in [0.2, 0.25) is 0 Å². The molecule has 0 unspecified atom stereocenters. The van der Waals surface area contributed by atoms with Crippen molar-refractivity contribution in [2.75, 3.05) is 18.5 Å². The van der Waals surface area contributed by atoms with Crippen LogP contribution in [0, 0.1) is 0 Å². The van der Waals surface area contributed by atoms with Crippen LogP contribution in [-0.2, 0) is 4.79 Å². The van der Waals surface area contributed by atoms with Crippen LogP contribution in [0.3, 0.4) is 0 Å². The molecule has 0 bridgehead atoms. The number of ether oxygens (including phenoxy) is 1. The summed E-state index contributed by atoms with van der Waals surface area (Å²) in [5, 5.41) is 11.1. The minimum Gasteiger partial charge on any atom is -0.457 e. The number of benzene rings is 2. The average molecular weight is 373 g/mol. The summed E-state index contributed by atoms with van der Waals surface area (Å²) in [5.41, 5.74) is 2.39. The van der Waals surface area contributed by atoms with Crippen molar-refractivity contribution in [3.63, 3.8) is 0 Å². The van der Waals surface area contributed by atoms with Gasteiger partial charge in [-0.15, -0.1) is 0 Å². The van der Waals surface area contributed by atoms with E-state index < -0.39 is 0 Å². The van der Waals surface area contributed by atoms with Gasteiger partial charge >= 0.3 is 0 Å². The van der Waals surface area contributed by atoms with Crippen molar-refractivity contribution >= 4 is 17.2 Å². The lowest BCUT2D eigenvalue weighted by Crippen LogP contribution is -2.27. The van der Waals surface area contributed by atoms with Crippen LogP contribution in [0.1, 0.15) is 5.56 Å². The molecule has 28 heavy (non-hydrogen) atoms. The molecule has 0 atom stereocenters. The second kappa shape index (κ2) is 7.54. The lowest BCUT2D eigenvalue weighted by atomic mass is 10.0. The zero-order chi connectivity index (χ0) is 19.5. The standard InChI is InChI=1S/C22H19N3O3/c1-24(27)20-15-25(17-6-5-13-23-14-17)22(26)21(20)16-9-11-19(12-10-16)28-18-7-3-2-4-8-18/h2-14,27H,15H2,1H3. The number of likely N-dealkylation sites (N-methyl/N-ethyl adjacent to an activating group) is 1. The fourth-order valence-electron chi connectivity index (χ4n) is 3.15. The van der Waals surface area contributed by atoms with Crippen LogP contribution in [0.15, 0.2) is 84.8 Å². The first-order valence-electron chi connectivity index (χ1n) is 8.84. The van der Waals surface area contributed by atoms with E-state index >= 15 is 0 Å². The smallest absolute Gasteiger partial charge is 0.261 e. The van der Waals surface area contributed by atoms with Gasteiger partial charge in [-0.1, -0.05) is 30.3 Å². The van der Waals surface area contributed by atoms with Gasteiger partial charge in [-0.25, -0.2) is 0 Å². The number of carbonyl (C=O) groups excluding carboxylic acids is 1. The summed E-state index contributed by atoms with van der Waals surface area (Å²) in [6.07, 6.45) is 3.29. The van der Waals surface area contributed by atoms with Gasteiger partial charge in [0.1, 0.15) is 11.5 Å². The van der Waals surface area contributed by atoms with Crippen LogP contribution in [0.4, 0.5) is 5.69 Å². The number of hydrogen-bond acceptors (Lipinski definition) is 5. The lowest BCUT2D eigenvalue weighted by Gasteiger charge is -2.17. The van der Waals surface area contributed by atoms with Crippen molar-refractivity contribution in [3.8, 4) is 11.5 Å². The molecule has 0 saturated heterocycles. The summed E-state index contributed by atoms with van der Waals surface area (Å²) >= 11 is 0. The quantitative estimate of drug-likeness (QED) is 0.686. The summed E-state index contributed by atoms with van der Waals surface area (Å²) in [5.74, 6) is 1.23.